The second-order valence-corrected chi connectivity index (χ2v) is 2.70. The minimum absolute atomic E-state index is 0.0400. The van der Waals surface area contributed by atoms with Crippen molar-refractivity contribution in [2.75, 3.05) is 6.54 Å². The monoisotopic (exact) mass is 196 g/mol. The number of nitrogens with two attached hydrogens (primary N) is 1. The van der Waals surface area contributed by atoms with Crippen molar-refractivity contribution in [3.63, 3.8) is 0 Å². The van der Waals surface area contributed by atoms with Crippen molar-refractivity contribution in [2.24, 2.45) is 5.73 Å². The van der Waals surface area contributed by atoms with E-state index in [0.29, 0.717) is 6.92 Å². The van der Waals surface area contributed by atoms with E-state index in [9.17, 15) is 18.0 Å². The Balaban J connectivity index is 4.45. The summed E-state index contributed by atoms with van der Waals surface area (Å²) in [6.45, 7) is 3.82. The zero-order valence-electron chi connectivity index (χ0n) is 7.11. The lowest BCUT2D eigenvalue weighted by molar-refractivity contribution is -0.187. The first kappa shape index (κ1) is 12.0. The molecule has 0 aliphatic carbocycles. The van der Waals surface area contributed by atoms with Gasteiger partial charge in [0.05, 0.1) is 0 Å². The molecule has 1 atom stereocenters. The minimum atomic E-state index is -4.75. The fourth-order valence-electron chi connectivity index (χ4n) is 0.477. The summed E-state index contributed by atoms with van der Waals surface area (Å²) in [4.78, 5) is 10.9. The molecule has 0 radical (unpaired) electrons. The first-order chi connectivity index (χ1) is 5.73. The van der Waals surface area contributed by atoms with E-state index in [0.717, 1.165) is 0 Å². The van der Waals surface area contributed by atoms with Gasteiger partial charge in [-0.2, -0.15) is 13.2 Å². The Hall–Kier alpha value is -1.04. The topological polar surface area (TPSA) is 55.1 Å². The van der Waals surface area contributed by atoms with Gasteiger partial charge < -0.3 is 11.1 Å². The van der Waals surface area contributed by atoms with E-state index in [4.69, 9.17) is 5.73 Å². The number of nitrogens with one attached hydrogen (secondary N) is 1. The van der Waals surface area contributed by atoms with Crippen LogP contribution in [0.5, 0.6) is 0 Å². The number of hydrogen-bond acceptors (Lipinski definition) is 2. The van der Waals surface area contributed by atoms with Crippen LogP contribution >= 0.6 is 0 Å². The van der Waals surface area contributed by atoms with Gasteiger partial charge in [-0.15, -0.1) is 6.58 Å². The molecule has 1 unspecified atom stereocenters. The normalized spacial score (nSPS) is 16.1. The molecular formula is C7H11F3N2O. The first-order valence-corrected chi connectivity index (χ1v) is 3.48. The number of hydrogen-bond donors (Lipinski definition) is 2. The van der Waals surface area contributed by atoms with Gasteiger partial charge in [0.15, 0.2) is 5.54 Å². The summed E-state index contributed by atoms with van der Waals surface area (Å²) in [5.74, 6) is -1.26. The summed E-state index contributed by atoms with van der Waals surface area (Å²) < 4.78 is 36.3. The average Bonchev–Trinajstić information content (AvgIpc) is 1.97. The predicted molar refractivity (Wildman–Crippen MR) is 41.9 cm³/mol. The Kier molecular flexibility index (Phi) is 3.48. The van der Waals surface area contributed by atoms with Crippen LogP contribution in [0.1, 0.15) is 6.92 Å². The second-order valence-electron chi connectivity index (χ2n) is 2.70. The summed E-state index contributed by atoms with van der Waals surface area (Å²) >= 11 is 0. The van der Waals surface area contributed by atoms with E-state index in [1.165, 1.54) is 6.08 Å². The van der Waals surface area contributed by atoms with Gasteiger partial charge in [-0.25, -0.2) is 0 Å². The molecule has 0 aromatic rings. The van der Waals surface area contributed by atoms with Gasteiger partial charge >= 0.3 is 6.18 Å². The van der Waals surface area contributed by atoms with Gasteiger partial charge in [0, 0.05) is 6.54 Å². The third kappa shape index (κ3) is 2.73. The number of carbonyl (C=O) groups is 1. The zero-order valence-corrected chi connectivity index (χ0v) is 7.11. The van der Waals surface area contributed by atoms with Gasteiger partial charge in [0.2, 0.25) is 5.91 Å². The van der Waals surface area contributed by atoms with Crippen LogP contribution in [0.2, 0.25) is 0 Å². The Labute approximate surface area is 73.8 Å². The van der Waals surface area contributed by atoms with E-state index in [-0.39, 0.29) is 6.54 Å². The number of alkyl halides is 3. The van der Waals surface area contributed by atoms with E-state index in [1.54, 1.807) is 0 Å². The average molecular weight is 196 g/mol. The standard InChI is InChI=1S/C7H11F3N2O/c1-3-4-12-5(13)6(2,11)7(8,9)10/h3H,1,4,11H2,2H3,(H,12,13). The van der Waals surface area contributed by atoms with E-state index in [2.05, 4.69) is 6.58 Å². The number of carbonyl (C=O) groups excluding carboxylic acids is 1. The fraction of sp³-hybridized carbons (Fsp3) is 0.571. The van der Waals surface area contributed by atoms with Gasteiger partial charge in [0.1, 0.15) is 0 Å². The van der Waals surface area contributed by atoms with Crippen LogP contribution in [-0.4, -0.2) is 24.2 Å². The number of halogens is 3. The number of amides is 1. The van der Waals surface area contributed by atoms with Gasteiger partial charge in [0.25, 0.3) is 0 Å². The summed E-state index contributed by atoms with van der Waals surface area (Å²) in [7, 11) is 0. The first-order valence-electron chi connectivity index (χ1n) is 3.48. The molecule has 76 valence electrons. The molecule has 1 amide bonds. The molecule has 0 aliphatic heterocycles. The highest BCUT2D eigenvalue weighted by Gasteiger charge is 2.53. The molecule has 0 aliphatic rings. The molecule has 0 aromatic heterocycles. The van der Waals surface area contributed by atoms with Crippen molar-refractivity contribution < 1.29 is 18.0 Å². The van der Waals surface area contributed by atoms with Crippen LogP contribution in [0.25, 0.3) is 0 Å². The molecule has 0 heterocycles. The molecule has 0 saturated carbocycles. The smallest absolute Gasteiger partial charge is 0.351 e. The summed E-state index contributed by atoms with van der Waals surface area (Å²) in [5, 5.41) is 1.98. The Morgan fingerprint density at radius 3 is 2.38 bits per heavy atom. The molecule has 3 nitrogen and oxygen atoms in total. The third-order valence-corrected chi connectivity index (χ3v) is 1.47. The maximum atomic E-state index is 12.1. The van der Waals surface area contributed by atoms with Crippen LogP contribution in [0.3, 0.4) is 0 Å². The third-order valence-electron chi connectivity index (χ3n) is 1.47. The zero-order chi connectivity index (χ0) is 10.7. The molecule has 13 heavy (non-hydrogen) atoms. The number of rotatable bonds is 3. The molecule has 3 N–H and O–H groups in total. The molecular weight excluding hydrogens is 185 g/mol. The van der Waals surface area contributed by atoms with Crippen molar-refractivity contribution in [1.29, 1.82) is 0 Å². The van der Waals surface area contributed by atoms with Crippen molar-refractivity contribution in [3.8, 4) is 0 Å². The van der Waals surface area contributed by atoms with Crippen molar-refractivity contribution in [2.45, 2.75) is 18.6 Å². The lowest BCUT2D eigenvalue weighted by Gasteiger charge is -2.25. The minimum Gasteiger partial charge on any atom is -0.351 e. The van der Waals surface area contributed by atoms with Crippen LogP contribution in [0.4, 0.5) is 13.2 Å². The van der Waals surface area contributed by atoms with Gasteiger partial charge in [-0.3, -0.25) is 4.79 Å². The maximum Gasteiger partial charge on any atom is 0.415 e. The summed E-state index contributed by atoms with van der Waals surface area (Å²) in [5.41, 5.74) is 1.96. The molecule has 0 rings (SSSR count). The predicted octanol–water partition coefficient (Wildman–Crippen LogP) is 0.568. The van der Waals surface area contributed by atoms with Crippen LogP contribution in [0, 0.1) is 0 Å². The van der Waals surface area contributed by atoms with Gasteiger partial charge in [-0.1, -0.05) is 6.08 Å². The Bertz CT molecular complexity index is 210. The van der Waals surface area contributed by atoms with E-state index >= 15 is 0 Å². The largest absolute Gasteiger partial charge is 0.415 e. The summed E-state index contributed by atoms with van der Waals surface area (Å²) in [6.07, 6.45) is -3.48. The molecule has 0 bridgehead atoms. The second kappa shape index (κ2) is 3.78. The lowest BCUT2D eigenvalue weighted by atomic mass is 10.0. The van der Waals surface area contributed by atoms with Crippen LogP contribution < -0.4 is 11.1 Å². The molecule has 0 aromatic carbocycles. The molecule has 0 fully saturated rings. The van der Waals surface area contributed by atoms with Crippen molar-refractivity contribution >= 4 is 5.91 Å². The van der Waals surface area contributed by atoms with E-state index in [1.807, 2.05) is 5.32 Å². The van der Waals surface area contributed by atoms with Gasteiger partial charge in [-0.05, 0) is 6.92 Å². The Morgan fingerprint density at radius 1 is 1.62 bits per heavy atom. The SMILES string of the molecule is C=CCNC(=O)C(C)(N)C(F)(F)F. The quantitative estimate of drug-likeness (QED) is 0.648. The highest BCUT2D eigenvalue weighted by Crippen LogP contribution is 2.27. The lowest BCUT2D eigenvalue weighted by Crippen LogP contribution is -2.61. The summed E-state index contributed by atoms with van der Waals surface area (Å²) in [6, 6.07) is 0. The Morgan fingerprint density at radius 2 is 2.08 bits per heavy atom. The molecule has 0 spiro atoms. The highest BCUT2D eigenvalue weighted by molar-refractivity contribution is 5.86. The molecule has 6 heteroatoms. The van der Waals surface area contributed by atoms with Crippen molar-refractivity contribution in [1.82, 2.24) is 5.32 Å². The van der Waals surface area contributed by atoms with E-state index < -0.39 is 17.6 Å². The highest BCUT2D eigenvalue weighted by atomic mass is 19.4. The fourth-order valence-corrected chi connectivity index (χ4v) is 0.477. The van der Waals surface area contributed by atoms with Crippen LogP contribution in [-0.2, 0) is 4.79 Å². The van der Waals surface area contributed by atoms with Crippen LogP contribution in [0.15, 0.2) is 12.7 Å². The van der Waals surface area contributed by atoms with Crippen molar-refractivity contribution in [3.05, 3.63) is 12.7 Å². The maximum absolute atomic E-state index is 12.1. The molecule has 0 saturated heterocycles.